The Kier molecular flexibility index (Phi) is 5.13. The quantitative estimate of drug-likeness (QED) is 0.563. The zero-order valence-electron chi connectivity index (χ0n) is 14.1. The number of alkyl halides is 2. The Morgan fingerprint density at radius 1 is 0.917 bits per heavy atom. The van der Waals surface area contributed by atoms with Crippen molar-refractivity contribution in [2.24, 2.45) is 0 Å². The van der Waals surface area contributed by atoms with Crippen LogP contribution in [0.5, 0.6) is 0 Å². The van der Waals surface area contributed by atoms with Gasteiger partial charge in [-0.2, -0.15) is 0 Å². The van der Waals surface area contributed by atoms with E-state index in [0.717, 1.165) is 6.42 Å². The van der Waals surface area contributed by atoms with Crippen molar-refractivity contribution in [3.63, 3.8) is 0 Å². The second kappa shape index (κ2) is 7.29. The van der Waals surface area contributed by atoms with Crippen LogP contribution in [0.3, 0.4) is 0 Å². The minimum absolute atomic E-state index is 0.0200. The Balaban J connectivity index is 1.69. The lowest BCUT2D eigenvalue weighted by Gasteiger charge is -2.28. The highest BCUT2D eigenvalue weighted by Crippen LogP contribution is 2.41. The van der Waals surface area contributed by atoms with Crippen LogP contribution in [0.1, 0.15) is 56.1 Å². The molecular weight excluding hydrogens is 302 g/mol. The van der Waals surface area contributed by atoms with E-state index in [1.807, 2.05) is 0 Å². The summed E-state index contributed by atoms with van der Waals surface area (Å²) in [7, 11) is 0. The maximum Gasteiger partial charge on any atom is 0.248 e. The Hall–Kier alpha value is -1.96. The maximum absolute atomic E-state index is 13.3. The molecule has 0 spiro atoms. The van der Waals surface area contributed by atoms with E-state index in [-0.39, 0.29) is 18.8 Å². The summed E-state index contributed by atoms with van der Waals surface area (Å²) in [6.07, 6.45) is 6.54. The fourth-order valence-corrected chi connectivity index (χ4v) is 3.36. The molecule has 0 N–H and O–H groups in total. The molecule has 0 amide bonds. The molecule has 1 aliphatic carbocycles. The summed E-state index contributed by atoms with van der Waals surface area (Å²) in [6, 6.07) is 16.9. The molecule has 0 bridgehead atoms. The standard InChI is InChI=1S/C22H24F2/c1-2-3-4-17-5-7-18(8-6-17)19-9-11-20(12-10-19)21-13-15-22(23,24)16-14-21/h3-12,21H,2,13-16H2,1H3. The largest absolute Gasteiger partial charge is 0.248 e. The van der Waals surface area contributed by atoms with E-state index >= 15 is 0 Å². The zero-order chi connectivity index (χ0) is 17.0. The molecule has 0 saturated heterocycles. The first-order chi connectivity index (χ1) is 11.6. The lowest BCUT2D eigenvalue weighted by atomic mass is 9.82. The van der Waals surface area contributed by atoms with Crippen LogP contribution >= 0.6 is 0 Å². The summed E-state index contributed by atoms with van der Waals surface area (Å²) < 4.78 is 26.6. The molecule has 0 nitrogen and oxygen atoms in total. The first kappa shape index (κ1) is 16.9. The minimum atomic E-state index is -2.45. The summed E-state index contributed by atoms with van der Waals surface area (Å²) in [6.45, 7) is 2.12. The van der Waals surface area contributed by atoms with Crippen LogP contribution in [0.2, 0.25) is 0 Å². The first-order valence-corrected chi connectivity index (χ1v) is 8.82. The molecule has 2 aromatic rings. The Labute approximate surface area is 143 Å². The highest BCUT2D eigenvalue weighted by atomic mass is 19.3. The fourth-order valence-electron chi connectivity index (χ4n) is 3.36. The van der Waals surface area contributed by atoms with Crippen LogP contribution in [0, 0.1) is 0 Å². The van der Waals surface area contributed by atoms with E-state index in [4.69, 9.17) is 0 Å². The van der Waals surface area contributed by atoms with Crippen LogP contribution in [0.4, 0.5) is 8.78 Å². The number of hydrogen-bond donors (Lipinski definition) is 0. The van der Waals surface area contributed by atoms with Crippen LogP contribution in [0.15, 0.2) is 54.6 Å². The Morgan fingerprint density at radius 3 is 2.00 bits per heavy atom. The van der Waals surface area contributed by atoms with Crippen LogP contribution in [-0.2, 0) is 0 Å². The summed E-state index contributed by atoms with van der Waals surface area (Å²) in [5.74, 6) is -2.18. The van der Waals surface area contributed by atoms with Crippen molar-refractivity contribution in [3.8, 4) is 11.1 Å². The highest BCUT2D eigenvalue weighted by molar-refractivity contribution is 5.66. The summed E-state index contributed by atoms with van der Waals surface area (Å²) in [5, 5.41) is 0. The van der Waals surface area contributed by atoms with Gasteiger partial charge in [0, 0.05) is 12.8 Å². The molecule has 1 saturated carbocycles. The first-order valence-electron chi connectivity index (χ1n) is 8.82. The molecule has 2 aromatic carbocycles. The lowest BCUT2D eigenvalue weighted by molar-refractivity contribution is -0.0382. The number of allylic oxidation sites excluding steroid dienone is 1. The summed E-state index contributed by atoms with van der Waals surface area (Å²) in [4.78, 5) is 0. The van der Waals surface area contributed by atoms with Crippen molar-refractivity contribution in [2.45, 2.75) is 50.9 Å². The van der Waals surface area contributed by atoms with Crippen molar-refractivity contribution < 1.29 is 8.78 Å². The molecule has 0 aromatic heterocycles. The van der Waals surface area contributed by atoms with Crippen molar-refractivity contribution in [3.05, 3.63) is 65.7 Å². The van der Waals surface area contributed by atoms with Gasteiger partial charge in [0.2, 0.25) is 5.92 Å². The smallest absolute Gasteiger partial charge is 0.207 e. The Morgan fingerprint density at radius 2 is 1.46 bits per heavy atom. The van der Waals surface area contributed by atoms with Crippen molar-refractivity contribution in [2.75, 3.05) is 0 Å². The summed E-state index contributed by atoms with van der Waals surface area (Å²) in [5.41, 5.74) is 4.76. The van der Waals surface area contributed by atoms with E-state index in [1.165, 1.54) is 22.3 Å². The minimum Gasteiger partial charge on any atom is -0.207 e. The predicted octanol–water partition coefficient (Wildman–Crippen LogP) is 7.07. The molecule has 0 atom stereocenters. The number of halogens is 2. The van der Waals surface area contributed by atoms with Gasteiger partial charge < -0.3 is 0 Å². The van der Waals surface area contributed by atoms with E-state index < -0.39 is 5.92 Å². The average molecular weight is 326 g/mol. The number of benzene rings is 2. The van der Waals surface area contributed by atoms with Gasteiger partial charge in [-0.25, -0.2) is 8.78 Å². The second-order valence-electron chi connectivity index (χ2n) is 6.68. The van der Waals surface area contributed by atoms with Gasteiger partial charge in [-0.3, -0.25) is 0 Å². The van der Waals surface area contributed by atoms with Crippen LogP contribution in [0.25, 0.3) is 17.2 Å². The fraction of sp³-hybridized carbons (Fsp3) is 0.364. The maximum atomic E-state index is 13.3. The van der Waals surface area contributed by atoms with Crippen molar-refractivity contribution >= 4 is 6.08 Å². The molecule has 1 aliphatic rings. The highest BCUT2D eigenvalue weighted by Gasteiger charge is 2.35. The van der Waals surface area contributed by atoms with Crippen LogP contribution < -0.4 is 0 Å². The molecule has 2 heteroatoms. The third kappa shape index (κ3) is 4.11. The third-order valence-corrected chi connectivity index (χ3v) is 4.89. The molecule has 0 heterocycles. The van der Waals surface area contributed by atoms with E-state index in [1.54, 1.807) is 0 Å². The lowest BCUT2D eigenvalue weighted by Crippen LogP contribution is -2.23. The van der Waals surface area contributed by atoms with E-state index in [2.05, 4.69) is 67.6 Å². The number of rotatable bonds is 4. The molecule has 24 heavy (non-hydrogen) atoms. The molecule has 3 rings (SSSR count). The van der Waals surface area contributed by atoms with Crippen molar-refractivity contribution in [1.82, 2.24) is 0 Å². The number of hydrogen-bond acceptors (Lipinski definition) is 0. The van der Waals surface area contributed by atoms with Gasteiger partial charge in [-0.15, -0.1) is 0 Å². The van der Waals surface area contributed by atoms with Crippen molar-refractivity contribution in [1.29, 1.82) is 0 Å². The van der Waals surface area contributed by atoms with Gasteiger partial charge in [-0.05, 0) is 47.4 Å². The topological polar surface area (TPSA) is 0 Å². The van der Waals surface area contributed by atoms with Gasteiger partial charge in [0.05, 0.1) is 0 Å². The molecule has 126 valence electrons. The van der Waals surface area contributed by atoms with Gasteiger partial charge in [-0.1, -0.05) is 67.6 Å². The molecule has 0 aliphatic heterocycles. The Bertz CT molecular complexity index is 671. The summed E-state index contributed by atoms with van der Waals surface area (Å²) >= 11 is 0. The molecule has 0 radical (unpaired) electrons. The van der Waals surface area contributed by atoms with Gasteiger partial charge in [0.15, 0.2) is 0 Å². The second-order valence-corrected chi connectivity index (χ2v) is 6.68. The molecule has 0 unspecified atom stereocenters. The predicted molar refractivity (Wildman–Crippen MR) is 97.4 cm³/mol. The normalized spacial score (nSPS) is 18.1. The molecular formula is C22H24F2. The van der Waals surface area contributed by atoms with Gasteiger partial charge in [0.1, 0.15) is 0 Å². The van der Waals surface area contributed by atoms with E-state index in [9.17, 15) is 8.78 Å². The SMILES string of the molecule is CCC=Cc1ccc(-c2ccc(C3CCC(F)(F)CC3)cc2)cc1. The zero-order valence-corrected chi connectivity index (χ0v) is 14.1. The average Bonchev–Trinajstić information content (AvgIpc) is 2.61. The van der Waals surface area contributed by atoms with E-state index in [0.29, 0.717) is 12.8 Å². The molecule has 1 fully saturated rings. The van der Waals surface area contributed by atoms with Gasteiger partial charge in [0.25, 0.3) is 0 Å². The van der Waals surface area contributed by atoms with Crippen LogP contribution in [-0.4, -0.2) is 5.92 Å². The van der Waals surface area contributed by atoms with Gasteiger partial charge >= 0.3 is 0 Å². The monoisotopic (exact) mass is 326 g/mol. The third-order valence-electron chi connectivity index (χ3n) is 4.89.